The molecule has 0 fully saturated rings. The summed E-state index contributed by atoms with van der Waals surface area (Å²) in [4.78, 5) is 0. The van der Waals surface area contributed by atoms with Crippen LogP contribution in [0.4, 0.5) is 0 Å². The molecule has 0 aliphatic rings. The highest BCUT2D eigenvalue weighted by Crippen LogP contribution is 2.33. The lowest BCUT2D eigenvalue weighted by Crippen LogP contribution is -2.05. The van der Waals surface area contributed by atoms with E-state index in [1.54, 1.807) is 18.2 Å². The number of benzene rings is 1. The van der Waals surface area contributed by atoms with E-state index in [0.717, 1.165) is 12.0 Å². The Morgan fingerprint density at radius 2 is 2.23 bits per heavy atom. The third-order valence-corrected chi connectivity index (χ3v) is 2.45. The van der Waals surface area contributed by atoms with E-state index < -0.39 is 0 Å². The van der Waals surface area contributed by atoms with Gasteiger partial charge in [0.2, 0.25) is 0 Å². The fraction of sp³-hybridized carbons (Fsp3) is 0.400. The van der Waals surface area contributed by atoms with Gasteiger partial charge in [0, 0.05) is 10.6 Å². The number of rotatable bonds is 3. The van der Waals surface area contributed by atoms with Crippen LogP contribution < -0.4 is 5.73 Å². The van der Waals surface area contributed by atoms with Gasteiger partial charge < -0.3 is 10.8 Å². The maximum Gasteiger partial charge on any atom is 0.120 e. The van der Waals surface area contributed by atoms with Gasteiger partial charge in [-0.1, -0.05) is 24.6 Å². The van der Waals surface area contributed by atoms with Gasteiger partial charge in [0.1, 0.15) is 5.75 Å². The van der Waals surface area contributed by atoms with E-state index in [-0.39, 0.29) is 11.7 Å². The molecule has 0 amide bonds. The van der Waals surface area contributed by atoms with Gasteiger partial charge in [0.25, 0.3) is 0 Å². The number of hydrogen-bond acceptors (Lipinski definition) is 2. The van der Waals surface area contributed by atoms with Crippen LogP contribution in [0.3, 0.4) is 0 Å². The number of phenolic OH excluding ortho intramolecular Hbond substituents is 1. The SMILES string of the molecule is CC(CCN)c1c(O)cccc1Cl. The lowest BCUT2D eigenvalue weighted by Gasteiger charge is -2.13. The molecule has 1 unspecified atom stereocenters. The van der Waals surface area contributed by atoms with Gasteiger partial charge in [-0.15, -0.1) is 0 Å². The van der Waals surface area contributed by atoms with Crippen molar-refractivity contribution in [2.75, 3.05) is 6.54 Å². The zero-order valence-corrected chi connectivity index (χ0v) is 8.38. The molecule has 0 radical (unpaired) electrons. The van der Waals surface area contributed by atoms with Crippen LogP contribution >= 0.6 is 11.6 Å². The molecule has 0 spiro atoms. The molecule has 3 N–H and O–H groups in total. The third-order valence-electron chi connectivity index (χ3n) is 2.12. The average Bonchev–Trinajstić information content (AvgIpc) is 2.04. The van der Waals surface area contributed by atoms with Crippen molar-refractivity contribution in [1.29, 1.82) is 0 Å². The zero-order chi connectivity index (χ0) is 9.84. The summed E-state index contributed by atoms with van der Waals surface area (Å²) in [6.07, 6.45) is 0.831. The number of hydrogen-bond donors (Lipinski definition) is 2. The Labute approximate surface area is 83.3 Å². The van der Waals surface area contributed by atoms with E-state index >= 15 is 0 Å². The maximum atomic E-state index is 9.56. The topological polar surface area (TPSA) is 46.2 Å². The molecule has 0 aliphatic heterocycles. The fourth-order valence-electron chi connectivity index (χ4n) is 1.41. The molecular weight excluding hydrogens is 186 g/mol. The van der Waals surface area contributed by atoms with Gasteiger partial charge in [-0.3, -0.25) is 0 Å². The third kappa shape index (κ3) is 2.36. The van der Waals surface area contributed by atoms with Crippen LogP contribution in [0.2, 0.25) is 5.02 Å². The van der Waals surface area contributed by atoms with E-state index in [4.69, 9.17) is 17.3 Å². The molecule has 0 saturated carbocycles. The predicted octanol–water partition coefficient (Wildman–Crippen LogP) is 2.50. The Morgan fingerprint density at radius 3 is 2.77 bits per heavy atom. The van der Waals surface area contributed by atoms with E-state index in [2.05, 4.69) is 0 Å². The number of nitrogens with two attached hydrogens (primary N) is 1. The first-order valence-corrected chi connectivity index (χ1v) is 4.72. The summed E-state index contributed by atoms with van der Waals surface area (Å²) in [5, 5.41) is 10.2. The monoisotopic (exact) mass is 199 g/mol. The van der Waals surface area contributed by atoms with Gasteiger partial charge >= 0.3 is 0 Å². The Balaban J connectivity index is 2.98. The Morgan fingerprint density at radius 1 is 1.54 bits per heavy atom. The summed E-state index contributed by atoms with van der Waals surface area (Å²) >= 11 is 5.96. The molecule has 0 aliphatic carbocycles. The summed E-state index contributed by atoms with van der Waals surface area (Å²) in [6.45, 7) is 2.61. The second kappa shape index (κ2) is 4.49. The van der Waals surface area contributed by atoms with E-state index in [1.807, 2.05) is 6.92 Å². The second-order valence-corrected chi connectivity index (χ2v) is 3.56. The first kappa shape index (κ1) is 10.4. The minimum atomic E-state index is 0.207. The van der Waals surface area contributed by atoms with Crippen LogP contribution in [0.15, 0.2) is 18.2 Å². The number of aromatic hydroxyl groups is 1. The molecular formula is C10H14ClNO. The first-order chi connectivity index (χ1) is 6.16. The van der Waals surface area contributed by atoms with Crippen LogP contribution in [-0.2, 0) is 0 Å². The molecule has 0 saturated heterocycles. The summed E-state index contributed by atoms with van der Waals surface area (Å²) in [6, 6.07) is 5.16. The van der Waals surface area contributed by atoms with Crippen LogP contribution in [0.25, 0.3) is 0 Å². The first-order valence-electron chi connectivity index (χ1n) is 4.34. The van der Waals surface area contributed by atoms with E-state index in [1.165, 1.54) is 0 Å². The standard InChI is InChI=1S/C10H14ClNO/c1-7(5-6-12)10-8(11)3-2-4-9(10)13/h2-4,7,13H,5-6,12H2,1H3. The normalized spacial score (nSPS) is 12.8. The Kier molecular flexibility index (Phi) is 3.58. The van der Waals surface area contributed by atoms with Crippen molar-refractivity contribution < 1.29 is 5.11 Å². The highest BCUT2D eigenvalue weighted by atomic mass is 35.5. The summed E-state index contributed by atoms with van der Waals surface area (Å²) in [7, 11) is 0. The molecule has 0 heterocycles. The van der Waals surface area contributed by atoms with Gasteiger partial charge in [-0.25, -0.2) is 0 Å². The maximum absolute atomic E-state index is 9.56. The molecule has 1 atom stereocenters. The zero-order valence-electron chi connectivity index (χ0n) is 7.63. The van der Waals surface area contributed by atoms with Crippen molar-refractivity contribution in [3.05, 3.63) is 28.8 Å². The average molecular weight is 200 g/mol. The van der Waals surface area contributed by atoms with Gasteiger partial charge in [-0.05, 0) is 31.0 Å². The minimum Gasteiger partial charge on any atom is -0.508 e. The Hall–Kier alpha value is -0.730. The van der Waals surface area contributed by atoms with Crippen molar-refractivity contribution >= 4 is 11.6 Å². The molecule has 1 aromatic carbocycles. The van der Waals surface area contributed by atoms with Crippen molar-refractivity contribution in [2.45, 2.75) is 19.3 Å². The summed E-state index contributed by atoms with van der Waals surface area (Å²) in [5.74, 6) is 0.465. The summed E-state index contributed by atoms with van der Waals surface area (Å²) < 4.78 is 0. The lowest BCUT2D eigenvalue weighted by molar-refractivity contribution is 0.461. The second-order valence-electron chi connectivity index (χ2n) is 3.15. The molecule has 1 rings (SSSR count). The van der Waals surface area contributed by atoms with Crippen LogP contribution in [-0.4, -0.2) is 11.7 Å². The molecule has 13 heavy (non-hydrogen) atoms. The molecule has 0 bridgehead atoms. The smallest absolute Gasteiger partial charge is 0.120 e. The van der Waals surface area contributed by atoms with Gasteiger partial charge in [0.05, 0.1) is 0 Å². The van der Waals surface area contributed by atoms with Gasteiger partial charge in [0.15, 0.2) is 0 Å². The molecule has 3 heteroatoms. The van der Waals surface area contributed by atoms with Crippen molar-refractivity contribution in [1.82, 2.24) is 0 Å². The van der Waals surface area contributed by atoms with Crippen molar-refractivity contribution in [3.8, 4) is 5.75 Å². The molecule has 1 aromatic rings. The highest BCUT2D eigenvalue weighted by Gasteiger charge is 2.12. The predicted molar refractivity (Wildman–Crippen MR) is 55.2 cm³/mol. The Bertz CT molecular complexity index is 268. The van der Waals surface area contributed by atoms with E-state index in [9.17, 15) is 5.11 Å². The van der Waals surface area contributed by atoms with E-state index in [0.29, 0.717) is 11.6 Å². The molecule has 0 aromatic heterocycles. The summed E-state index contributed by atoms with van der Waals surface area (Å²) in [5.41, 5.74) is 6.24. The highest BCUT2D eigenvalue weighted by molar-refractivity contribution is 6.31. The van der Waals surface area contributed by atoms with Crippen LogP contribution in [0, 0.1) is 0 Å². The van der Waals surface area contributed by atoms with Gasteiger partial charge in [-0.2, -0.15) is 0 Å². The quantitative estimate of drug-likeness (QED) is 0.786. The fourth-order valence-corrected chi connectivity index (χ4v) is 1.76. The largest absolute Gasteiger partial charge is 0.508 e. The molecule has 2 nitrogen and oxygen atoms in total. The van der Waals surface area contributed by atoms with Crippen molar-refractivity contribution in [3.63, 3.8) is 0 Å². The molecule has 72 valence electrons. The van der Waals surface area contributed by atoms with Crippen LogP contribution in [0.5, 0.6) is 5.75 Å². The lowest BCUT2D eigenvalue weighted by atomic mass is 9.97. The van der Waals surface area contributed by atoms with Crippen molar-refractivity contribution in [2.24, 2.45) is 5.73 Å². The minimum absolute atomic E-state index is 0.207. The van der Waals surface area contributed by atoms with Crippen LogP contribution in [0.1, 0.15) is 24.8 Å². The number of phenols is 1. The number of halogens is 1.